The topological polar surface area (TPSA) is 23.9 Å². The van der Waals surface area contributed by atoms with Crippen molar-refractivity contribution in [3.63, 3.8) is 0 Å². The average Bonchev–Trinajstić information content (AvgIpc) is 2.90. The smallest absolute Gasteiger partial charge is 0.0167 e. The quantitative estimate of drug-likeness (QED) is 0.411. The van der Waals surface area contributed by atoms with Crippen molar-refractivity contribution in [1.82, 2.24) is 0 Å². The lowest BCUT2D eigenvalue weighted by Crippen LogP contribution is -2.13. The molecular weight excluding hydrogens is 218 g/mol. The first-order valence-corrected chi connectivity index (χ1v) is 8.02. The Morgan fingerprint density at radius 2 is 1.78 bits per heavy atom. The van der Waals surface area contributed by atoms with E-state index in [2.05, 4.69) is 19.1 Å². The second-order valence-corrected chi connectivity index (χ2v) is 6.46. The molecule has 2 atom stereocenters. The molecule has 0 saturated heterocycles. The van der Waals surface area contributed by atoms with Crippen LogP contribution in [0.2, 0.25) is 0 Å². The molecule has 1 heteroatoms. The Labute approximate surface area is 113 Å². The maximum atomic E-state index is 7.92. The Morgan fingerprint density at radius 3 is 2.33 bits per heavy atom. The molecule has 0 spiro atoms. The van der Waals surface area contributed by atoms with Crippen LogP contribution in [0.3, 0.4) is 0 Å². The average molecular weight is 247 g/mol. The molecule has 0 heterocycles. The molecular formula is C17H29N. The molecule has 0 amide bonds. The molecule has 0 aromatic rings. The Kier molecular flexibility index (Phi) is 5.03. The molecule has 2 aliphatic rings. The molecule has 0 aliphatic heterocycles. The first-order chi connectivity index (χ1) is 8.76. The van der Waals surface area contributed by atoms with Gasteiger partial charge < -0.3 is 5.41 Å². The molecule has 2 aliphatic carbocycles. The number of hydrogen-bond acceptors (Lipinski definition) is 1. The zero-order valence-electron chi connectivity index (χ0n) is 12.0. The van der Waals surface area contributed by atoms with E-state index in [4.69, 9.17) is 5.41 Å². The van der Waals surface area contributed by atoms with E-state index in [0.29, 0.717) is 11.3 Å². The van der Waals surface area contributed by atoms with Gasteiger partial charge in [-0.3, -0.25) is 0 Å². The molecule has 1 saturated carbocycles. The van der Waals surface area contributed by atoms with Crippen molar-refractivity contribution in [1.29, 1.82) is 5.41 Å². The Hall–Kier alpha value is -0.590. The monoisotopic (exact) mass is 247 g/mol. The van der Waals surface area contributed by atoms with Crippen LogP contribution in [0.4, 0.5) is 0 Å². The van der Waals surface area contributed by atoms with Crippen LogP contribution in [-0.2, 0) is 0 Å². The summed E-state index contributed by atoms with van der Waals surface area (Å²) in [5, 5.41) is 7.92. The summed E-state index contributed by atoms with van der Waals surface area (Å²) in [5.74, 6) is 0.513. The van der Waals surface area contributed by atoms with Crippen LogP contribution in [0.15, 0.2) is 12.2 Å². The Morgan fingerprint density at radius 1 is 1.11 bits per heavy atom. The highest BCUT2D eigenvalue weighted by Crippen LogP contribution is 2.50. The van der Waals surface area contributed by atoms with E-state index in [1.807, 2.05) is 0 Å². The summed E-state index contributed by atoms with van der Waals surface area (Å²) in [7, 11) is 0. The third-order valence-electron chi connectivity index (χ3n) is 4.83. The van der Waals surface area contributed by atoms with Crippen molar-refractivity contribution in [2.75, 3.05) is 0 Å². The fraction of sp³-hybridized carbons (Fsp3) is 0.824. The minimum absolute atomic E-state index is 0.421. The largest absolute Gasteiger partial charge is 0.309 e. The molecule has 0 aromatic carbocycles. The highest BCUT2D eigenvalue weighted by molar-refractivity contribution is 5.90. The van der Waals surface area contributed by atoms with E-state index in [1.165, 1.54) is 64.2 Å². The van der Waals surface area contributed by atoms with Crippen molar-refractivity contribution in [2.24, 2.45) is 11.3 Å². The van der Waals surface area contributed by atoms with Gasteiger partial charge in [-0.05, 0) is 24.7 Å². The van der Waals surface area contributed by atoms with E-state index >= 15 is 0 Å². The molecule has 1 fully saturated rings. The van der Waals surface area contributed by atoms with Gasteiger partial charge in [-0.25, -0.2) is 0 Å². The highest BCUT2D eigenvalue weighted by atomic mass is 14.6. The third kappa shape index (κ3) is 3.46. The second-order valence-electron chi connectivity index (χ2n) is 6.46. The van der Waals surface area contributed by atoms with Gasteiger partial charge in [0.05, 0.1) is 0 Å². The lowest BCUT2D eigenvalue weighted by atomic mass is 9.82. The number of hydrogen-bond donors (Lipinski definition) is 1. The summed E-state index contributed by atoms with van der Waals surface area (Å²) >= 11 is 0. The molecule has 2 bridgehead atoms. The fourth-order valence-electron chi connectivity index (χ4n) is 3.66. The van der Waals surface area contributed by atoms with E-state index < -0.39 is 0 Å². The summed E-state index contributed by atoms with van der Waals surface area (Å²) in [6.07, 6.45) is 19.6. The van der Waals surface area contributed by atoms with Crippen molar-refractivity contribution in [3.05, 3.63) is 12.2 Å². The summed E-state index contributed by atoms with van der Waals surface area (Å²) < 4.78 is 0. The summed E-state index contributed by atoms with van der Waals surface area (Å²) in [4.78, 5) is 0. The number of unbranched alkanes of at least 4 members (excludes halogenated alkanes) is 7. The van der Waals surface area contributed by atoms with Gasteiger partial charge in [0.2, 0.25) is 0 Å². The number of allylic oxidation sites excluding steroid dienone is 2. The molecule has 0 aromatic heterocycles. The first kappa shape index (κ1) is 13.8. The highest BCUT2D eigenvalue weighted by Gasteiger charge is 2.43. The van der Waals surface area contributed by atoms with Crippen LogP contribution in [-0.4, -0.2) is 5.71 Å². The fourth-order valence-corrected chi connectivity index (χ4v) is 3.66. The van der Waals surface area contributed by atoms with Gasteiger partial charge in [0.25, 0.3) is 0 Å². The maximum absolute atomic E-state index is 7.92. The van der Waals surface area contributed by atoms with E-state index in [9.17, 15) is 0 Å². The summed E-state index contributed by atoms with van der Waals surface area (Å²) in [6, 6.07) is 0. The van der Waals surface area contributed by atoms with Crippen molar-refractivity contribution in [2.45, 2.75) is 77.6 Å². The van der Waals surface area contributed by atoms with Crippen LogP contribution in [0.5, 0.6) is 0 Å². The Bertz CT molecular complexity index is 305. The third-order valence-corrected chi connectivity index (χ3v) is 4.83. The zero-order valence-corrected chi connectivity index (χ0v) is 12.0. The molecule has 2 unspecified atom stereocenters. The molecule has 18 heavy (non-hydrogen) atoms. The van der Waals surface area contributed by atoms with Crippen LogP contribution >= 0.6 is 0 Å². The van der Waals surface area contributed by atoms with Gasteiger partial charge in [-0.2, -0.15) is 0 Å². The maximum Gasteiger partial charge on any atom is 0.0167 e. The van der Waals surface area contributed by atoms with Crippen molar-refractivity contribution >= 4 is 5.71 Å². The van der Waals surface area contributed by atoms with E-state index in [0.717, 1.165) is 12.1 Å². The van der Waals surface area contributed by atoms with E-state index in [-0.39, 0.29) is 0 Å². The van der Waals surface area contributed by atoms with Gasteiger partial charge in [0.1, 0.15) is 0 Å². The predicted molar refractivity (Wildman–Crippen MR) is 79.3 cm³/mol. The molecule has 2 rings (SSSR count). The molecule has 0 radical (unpaired) electrons. The lowest BCUT2D eigenvalue weighted by molar-refractivity contribution is 0.358. The van der Waals surface area contributed by atoms with Crippen LogP contribution < -0.4 is 0 Å². The van der Waals surface area contributed by atoms with Crippen LogP contribution in [0, 0.1) is 16.7 Å². The van der Waals surface area contributed by atoms with Gasteiger partial charge in [0, 0.05) is 11.6 Å². The summed E-state index contributed by atoms with van der Waals surface area (Å²) in [6.45, 7) is 2.28. The van der Waals surface area contributed by atoms with E-state index in [1.54, 1.807) is 0 Å². The van der Waals surface area contributed by atoms with Crippen LogP contribution in [0.25, 0.3) is 0 Å². The van der Waals surface area contributed by atoms with Gasteiger partial charge in [-0.1, -0.05) is 70.4 Å². The SMILES string of the molecule is CCCCCCCCCCC12C=CC(C1)C(=N)C2. The van der Waals surface area contributed by atoms with Crippen molar-refractivity contribution in [3.8, 4) is 0 Å². The molecule has 102 valence electrons. The Balaban J connectivity index is 1.52. The second kappa shape index (κ2) is 6.54. The normalized spacial score (nSPS) is 29.4. The standard InChI is InChI=1S/C17H29N/c1-2-3-4-5-6-7-8-9-11-17-12-10-15(13-17)16(18)14-17/h10,12,15,18H,2-9,11,13-14H2,1H3. The number of fused-ring (bicyclic) bond motifs is 2. The van der Waals surface area contributed by atoms with Gasteiger partial charge in [-0.15, -0.1) is 0 Å². The molecule has 1 nitrogen and oxygen atoms in total. The molecule has 1 N–H and O–H groups in total. The zero-order chi connectivity index (χ0) is 12.8. The minimum Gasteiger partial charge on any atom is -0.309 e. The predicted octanol–water partition coefficient (Wildman–Crippen LogP) is 5.50. The van der Waals surface area contributed by atoms with Crippen molar-refractivity contribution < 1.29 is 0 Å². The number of rotatable bonds is 9. The summed E-state index contributed by atoms with van der Waals surface area (Å²) in [5.41, 5.74) is 1.42. The minimum atomic E-state index is 0.421. The first-order valence-electron chi connectivity index (χ1n) is 8.02. The van der Waals surface area contributed by atoms with Gasteiger partial charge >= 0.3 is 0 Å². The van der Waals surface area contributed by atoms with Gasteiger partial charge in [0.15, 0.2) is 0 Å². The number of nitrogens with one attached hydrogen (secondary N) is 1. The van der Waals surface area contributed by atoms with Crippen LogP contribution in [0.1, 0.15) is 77.6 Å². The lowest BCUT2D eigenvalue weighted by Gasteiger charge is -2.22.